The van der Waals surface area contributed by atoms with Gasteiger partial charge >= 0.3 is 23.5 Å². The van der Waals surface area contributed by atoms with Crippen LogP contribution in [-0.4, -0.2) is 134 Å². The van der Waals surface area contributed by atoms with Crippen molar-refractivity contribution in [2.24, 2.45) is 5.41 Å². The summed E-state index contributed by atoms with van der Waals surface area (Å²) in [5, 5.41) is 35.6. The Kier molecular flexibility index (Phi) is 17.5. The van der Waals surface area contributed by atoms with E-state index in [4.69, 9.17) is 19.5 Å². The third-order valence-electron chi connectivity index (χ3n) is 7.85. The number of anilines is 1. The Labute approximate surface area is 323 Å². The van der Waals surface area contributed by atoms with Gasteiger partial charge in [0.2, 0.25) is 16.9 Å². The third kappa shape index (κ3) is 14.4. The first-order chi connectivity index (χ1) is 26.0. The summed E-state index contributed by atoms with van der Waals surface area (Å²) < 4.78 is 62.0. The van der Waals surface area contributed by atoms with E-state index in [1.165, 1.54) is 13.8 Å². The van der Waals surface area contributed by atoms with Gasteiger partial charge in [0.1, 0.15) is 42.4 Å². The molecule has 8 atom stereocenters. The van der Waals surface area contributed by atoms with Crippen molar-refractivity contribution >= 4 is 69.1 Å². The number of nitrogen functional groups attached to an aromatic ring is 1. The number of fused-ring (bicyclic) bond motifs is 1. The molecular weight excluding hydrogens is 835 g/mol. The first-order valence-corrected chi connectivity index (χ1v) is 22.2. The van der Waals surface area contributed by atoms with Gasteiger partial charge in [-0.1, -0.05) is 45.4 Å². The maximum Gasteiger partial charge on any atom is 0.481 e. The lowest BCUT2D eigenvalue weighted by atomic mass is 9.87. The van der Waals surface area contributed by atoms with E-state index < -0.39 is 95.8 Å². The SMILES string of the molecule is CCCCC(O)C(=O)SCCNC(=O)CCNC(=O)C(O)C(C)(C)COP(=O)(O)OP(=O)(O)OC[C@H]1O[C@@H](n2cnc3c(N)ncnc32)[C@H](O)[C@@H]1OP(=O)(O)O. The molecule has 0 aromatic carbocycles. The highest BCUT2D eigenvalue weighted by Crippen LogP contribution is 2.61. The number of thioether (sulfide) groups is 1. The molecule has 0 spiro atoms. The second-order valence-corrected chi connectivity index (χ2v) is 18.2. The van der Waals surface area contributed by atoms with Gasteiger partial charge < -0.3 is 56.0 Å². The predicted molar refractivity (Wildman–Crippen MR) is 193 cm³/mol. The van der Waals surface area contributed by atoms with Gasteiger partial charge in [-0.15, -0.1) is 0 Å². The van der Waals surface area contributed by atoms with Crippen molar-refractivity contribution in [3.8, 4) is 0 Å². The highest BCUT2D eigenvalue weighted by molar-refractivity contribution is 8.13. The maximum absolute atomic E-state index is 12.7. The van der Waals surface area contributed by atoms with Gasteiger partial charge in [-0.3, -0.25) is 32.5 Å². The zero-order chi connectivity index (χ0) is 42.1. The first kappa shape index (κ1) is 47.9. The molecule has 1 aliphatic rings. The number of carbonyl (C=O) groups excluding carboxylic acids is 3. The average Bonchev–Trinajstić information content (AvgIpc) is 3.66. The quantitative estimate of drug-likeness (QED) is 0.0483. The van der Waals surface area contributed by atoms with Gasteiger partial charge in [0.05, 0.1) is 19.5 Å². The number of imidazole rings is 1. The average molecular weight is 882 g/mol. The van der Waals surface area contributed by atoms with Crippen LogP contribution < -0.4 is 16.4 Å². The molecule has 0 aliphatic carbocycles. The Morgan fingerprint density at radius 2 is 1.73 bits per heavy atom. The minimum absolute atomic E-state index is 0.0259. The molecule has 1 fully saturated rings. The Balaban J connectivity index is 1.48. The van der Waals surface area contributed by atoms with Crippen LogP contribution in [0, 0.1) is 5.41 Å². The Morgan fingerprint density at radius 1 is 1.05 bits per heavy atom. The van der Waals surface area contributed by atoms with Crippen LogP contribution in [-0.2, 0) is 50.7 Å². The minimum Gasteiger partial charge on any atom is -0.386 e. The van der Waals surface area contributed by atoms with Crippen molar-refractivity contribution in [2.75, 3.05) is 37.8 Å². The van der Waals surface area contributed by atoms with Crippen molar-refractivity contribution in [3.05, 3.63) is 12.7 Å². The van der Waals surface area contributed by atoms with E-state index in [0.717, 1.165) is 35.4 Å². The number of hydrogen-bond donors (Lipinski definition) is 10. The van der Waals surface area contributed by atoms with Gasteiger partial charge in [0.15, 0.2) is 17.7 Å². The summed E-state index contributed by atoms with van der Waals surface area (Å²) in [5.41, 5.74) is 4.23. The lowest BCUT2D eigenvalue weighted by Crippen LogP contribution is -2.46. The van der Waals surface area contributed by atoms with Crippen molar-refractivity contribution in [1.29, 1.82) is 0 Å². The molecule has 2 aromatic rings. The van der Waals surface area contributed by atoms with Crippen LogP contribution in [0.15, 0.2) is 12.7 Å². The number of aliphatic hydroxyl groups excluding tert-OH is 3. The van der Waals surface area contributed by atoms with E-state index in [2.05, 4.69) is 34.4 Å². The molecule has 56 heavy (non-hydrogen) atoms. The normalized spacial score (nSPS) is 22.2. The van der Waals surface area contributed by atoms with Crippen LogP contribution in [0.5, 0.6) is 0 Å². The van der Waals surface area contributed by atoms with Gasteiger partial charge in [-0.2, -0.15) is 4.31 Å². The number of nitrogens with two attached hydrogens (primary N) is 1. The van der Waals surface area contributed by atoms with Crippen LogP contribution in [0.25, 0.3) is 11.2 Å². The second kappa shape index (κ2) is 20.5. The first-order valence-electron chi connectivity index (χ1n) is 16.7. The summed E-state index contributed by atoms with van der Waals surface area (Å²) in [6.45, 7) is 2.26. The predicted octanol–water partition coefficient (Wildman–Crippen LogP) is -0.784. The highest BCUT2D eigenvalue weighted by atomic mass is 32.2. The molecule has 1 aliphatic heterocycles. The number of aromatic nitrogens is 4. The molecule has 3 rings (SSSR count). The minimum atomic E-state index is -5.58. The van der Waals surface area contributed by atoms with E-state index in [1.54, 1.807) is 0 Å². The molecule has 2 aromatic heterocycles. The largest absolute Gasteiger partial charge is 0.481 e. The number of carbonyl (C=O) groups is 3. The summed E-state index contributed by atoms with van der Waals surface area (Å²) in [6, 6.07) is 0. The summed E-state index contributed by atoms with van der Waals surface area (Å²) in [4.78, 5) is 87.4. The third-order valence-corrected chi connectivity index (χ3v) is 11.9. The number of rotatable bonds is 23. The lowest BCUT2D eigenvalue weighted by molar-refractivity contribution is -0.137. The number of nitrogens with zero attached hydrogens (tertiary/aromatic N) is 4. The van der Waals surface area contributed by atoms with E-state index in [0.29, 0.717) is 12.8 Å². The Morgan fingerprint density at radius 3 is 2.39 bits per heavy atom. The van der Waals surface area contributed by atoms with Gasteiger partial charge in [0.25, 0.3) is 0 Å². The number of nitrogens with one attached hydrogen (secondary N) is 2. The number of hydrogen-bond acceptors (Lipinski definition) is 19. The number of phosphoric ester groups is 3. The van der Waals surface area contributed by atoms with Gasteiger partial charge in [0, 0.05) is 30.7 Å². The lowest BCUT2D eigenvalue weighted by Gasteiger charge is -2.30. The summed E-state index contributed by atoms with van der Waals surface area (Å²) in [7, 11) is -16.4. The molecule has 2 amide bonds. The molecule has 25 nitrogen and oxygen atoms in total. The highest BCUT2D eigenvalue weighted by Gasteiger charge is 2.50. The van der Waals surface area contributed by atoms with Gasteiger partial charge in [-0.05, 0) is 6.42 Å². The smallest absolute Gasteiger partial charge is 0.386 e. The maximum atomic E-state index is 12.7. The number of aliphatic hydroxyl groups is 3. The van der Waals surface area contributed by atoms with Crippen LogP contribution >= 0.6 is 35.2 Å². The summed E-state index contributed by atoms with van der Waals surface area (Å²) >= 11 is 0.879. The monoisotopic (exact) mass is 881 g/mol. The molecule has 4 unspecified atom stereocenters. The molecule has 0 radical (unpaired) electrons. The standard InChI is InChI=1S/C27H46N7O18P3S/c1-4-5-6-15(35)26(40)56-10-9-29-17(36)7-8-30-24(39)21(38)27(2,3)12-49-55(46,47)52-54(44,45)48-11-16-20(51-53(41,42)43)19(37)25(50-16)34-14-33-18-22(28)31-13-32-23(18)34/h13-16,19-21,25,35,37-38H,4-12H2,1-3H3,(H,29,36)(H,30,39)(H,44,45)(H,46,47)(H2,28,31,32)(H2,41,42,43)/t15?,16-,19-,20-,21?,25-/m1/s1. The Hall–Kier alpha value is -2.48. The molecule has 318 valence electrons. The fourth-order valence-corrected chi connectivity index (χ4v) is 8.44. The van der Waals surface area contributed by atoms with Crippen molar-refractivity contribution in [3.63, 3.8) is 0 Å². The molecule has 0 saturated carbocycles. The molecule has 0 bridgehead atoms. The van der Waals surface area contributed by atoms with E-state index in [1.807, 2.05) is 6.92 Å². The van der Waals surface area contributed by atoms with Crippen LogP contribution in [0.1, 0.15) is 52.7 Å². The van der Waals surface area contributed by atoms with E-state index >= 15 is 0 Å². The Bertz CT molecular complexity index is 1820. The fraction of sp³-hybridized carbons (Fsp3) is 0.704. The molecule has 1 saturated heterocycles. The van der Waals surface area contributed by atoms with Crippen LogP contribution in [0.4, 0.5) is 5.82 Å². The van der Waals surface area contributed by atoms with Crippen molar-refractivity contribution in [1.82, 2.24) is 30.2 Å². The van der Waals surface area contributed by atoms with Crippen molar-refractivity contribution < 1.29 is 85.6 Å². The number of phosphoric acid groups is 3. The van der Waals surface area contributed by atoms with Crippen LogP contribution in [0.2, 0.25) is 0 Å². The fourth-order valence-electron chi connectivity index (χ4n) is 4.89. The number of ether oxygens (including phenoxy) is 1. The molecule has 3 heterocycles. The van der Waals surface area contributed by atoms with Crippen molar-refractivity contribution in [2.45, 2.75) is 83.2 Å². The van der Waals surface area contributed by atoms with E-state index in [-0.39, 0.29) is 42.2 Å². The topological polar surface area (TPSA) is 384 Å². The summed E-state index contributed by atoms with van der Waals surface area (Å²) in [6.07, 6.45) is -6.19. The van der Waals surface area contributed by atoms with Gasteiger partial charge in [-0.25, -0.2) is 28.6 Å². The summed E-state index contributed by atoms with van der Waals surface area (Å²) in [5.74, 6) is -1.31. The number of amides is 2. The molecule has 11 N–H and O–H groups in total. The molecular formula is C27H46N7O18P3S. The number of unbranched alkanes of at least 4 members (excludes halogenated alkanes) is 1. The zero-order valence-electron chi connectivity index (χ0n) is 30.2. The van der Waals surface area contributed by atoms with E-state index in [9.17, 15) is 63.0 Å². The zero-order valence-corrected chi connectivity index (χ0v) is 33.7. The van der Waals surface area contributed by atoms with Crippen LogP contribution in [0.3, 0.4) is 0 Å². The second-order valence-electron chi connectivity index (χ2n) is 12.9. The molecule has 29 heteroatoms.